The van der Waals surface area contributed by atoms with Crippen LogP contribution in [-0.2, 0) is 11.2 Å². The van der Waals surface area contributed by atoms with E-state index in [0.29, 0.717) is 32.1 Å². The van der Waals surface area contributed by atoms with Crippen molar-refractivity contribution in [2.24, 2.45) is 11.5 Å². The Balaban J connectivity index is 1.78. The van der Waals surface area contributed by atoms with E-state index in [1.165, 1.54) is 0 Å². The quantitative estimate of drug-likeness (QED) is 0.534. The van der Waals surface area contributed by atoms with Crippen LogP contribution in [0.1, 0.15) is 31.4 Å². The first-order valence-electron chi connectivity index (χ1n) is 8.08. The number of carboxylic acid groups (broad SMARTS) is 1. The van der Waals surface area contributed by atoms with Crippen molar-refractivity contribution < 1.29 is 15.0 Å². The number of aliphatic hydroxyl groups is 1. The number of aliphatic hydroxyl groups excluding tert-OH is 1. The fourth-order valence-electron chi connectivity index (χ4n) is 2.61. The number of hydrogen-bond acceptors (Lipinski definition) is 6. The molecule has 1 heterocycles. The predicted octanol–water partition coefficient (Wildman–Crippen LogP) is 0.833. The van der Waals surface area contributed by atoms with Crippen molar-refractivity contribution in [1.82, 2.24) is 9.97 Å². The van der Waals surface area contributed by atoms with Crippen molar-refractivity contribution in [1.29, 1.82) is 0 Å². The Morgan fingerprint density at radius 2 is 1.88 bits per heavy atom. The topological polar surface area (TPSA) is 135 Å². The predicted molar refractivity (Wildman–Crippen MR) is 91.3 cm³/mol. The first kappa shape index (κ1) is 18.3. The Bertz CT molecular complexity index is 680. The molecule has 0 saturated carbocycles. The van der Waals surface area contributed by atoms with Crippen molar-refractivity contribution in [3.05, 3.63) is 36.2 Å². The molecule has 1 aromatic heterocycles. The number of carboxylic acids is 1. The molecule has 0 aliphatic heterocycles. The summed E-state index contributed by atoms with van der Waals surface area (Å²) in [5.41, 5.74) is 13.8. The van der Waals surface area contributed by atoms with Gasteiger partial charge in [0.25, 0.3) is 0 Å². The Morgan fingerprint density at radius 1 is 1.17 bits per heavy atom. The molecule has 0 amide bonds. The fraction of sp³-hybridized carbons (Fsp3) is 0.471. The second kappa shape index (κ2) is 8.68. The number of nitrogens with zero attached hydrogens (tertiary/aromatic N) is 2. The van der Waals surface area contributed by atoms with Crippen molar-refractivity contribution in [3.8, 4) is 0 Å². The highest BCUT2D eigenvalue weighted by atomic mass is 16.4. The van der Waals surface area contributed by atoms with Gasteiger partial charge >= 0.3 is 5.97 Å². The molecule has 130 valence electrons. The average Bonchev–Trinajstić information content (AvgIpc) is 2.54. The summed E-state index contributed by atoms with van der Waals surface area (Å²) in [6.45, 7) is 0. The van der Waals surface area contributed by atoms with Crippen LogP contribution < -0.4 is 11.5 Å². The number of carbonyl (C=O) groups is 1. The fourth-order valence-corrected chi connectivity index (χ4v) is 2.61. The monoisotopic (exact) mass is 332 g/mol. The zero-order valence-electron chi connectivity index (χ0n) is 13.5. The first-order valence-corrected chi connectivity index (χ1v) is 8.08. The summed E-state index contributed by atoms with van der Waals surface area (Å²) in [7, 11) is 0. The summed E-state index contributed by atoms with van der Waals surface area (Å²) in [4.78, 5) is 19.4. The molecule has 2 rings (SSSR count). The minimum Gasteiger partial charge on any atom is -0.480 e. The summed E-state index contributed by atoms with van der Waals surface area (Å²) in [5, 5.41) is 18.9. The van der Waals surface area contributed by atoms with E-state index in [-0.39, 0.29) is 6.04 Å². The Kier molecular flexibility index (Phi) is 6.60. The number of rotatable bonds is 9. The van der Waals surface area contributed by atoms with Crippen molar-refractivity contribution in [3.63, 3.8) is 0 Å². The van der Waals surface area contributed by atoms with E-state index in [4.69, 9.17) is 16.6 Å². The molecule has 6 N–H and O–H groups in total. The van der Waals surface area contributed by atoms with E-state index < -0.39 is 18.1 Å². The van der Waals surface area contributed by atoms with Crippen LogP contribution in [0.2, 0.25) is 0 Å². The van der Waals surface area contributed by atoms with Gasteiger partial charge in [0.1, 0.15) is 6.04 Å². The van der Waals surface area contributed by atoms with Crippen molar-refractivity contribution in [2.75, 3.05) is 0 Å². The highest BCUT2D eigenvalue weighted by Crippen LogP contribution is 2.12. The Hall–Kier alpha value is -2.09. The zero-order chi connectivity index (χ0) is 17.5. The van der Waals surface area contributed by atoms with E-state index in [1.54, 1.807) is 6.20 Å². The number of fused-ring (bicyclic) bond motifs is 1. The molecule has 3 atom stereocenters. The van der Waals surface area contributed by atoms with Gasteiger partial charge in [-0.1, -0.05) is 12.1 Å². The van der Waals surface area contributed by atoms with E-state index in [2.05, 4.69) is 9.97 Å². The minimum atomic E-state index is -1.00. The van der Waals surface area contributed by atoms with Gasteiger partial charge in [-0.25, -0.2) is 4.98 Å². The third kappa shape index (κ3) is 5.52. The van der Waals surface area contributed by atoms with E-state index >= 15 is 0 Å². The van der Waals surface area contributed by atoms with Crippen LogP contribution in [0.3, 0.4) is 0 Å². The molecular formula is C17H24N4O3. The van der Waals surface area contributed by atoms with Crippen LogP contribution in [0.15, 0.2) is 30.5 Å². The van der Waals surface area contributed by atoms with Gasteiger partial charge in [-0.15, -0.1) is 0 Å². The molecule has 2 aromatic rings. The molecule has 0 spiro atoms. The third-order valence-corrected chi connectivity index (χ3v) is 3.93. The minimum absolute atomic E-state index is 0.200. The largest absolute Gasteiger partial charge is 0.480 e. The van der Waals surface area contributed by atoms with Crippen molar-refractivity contribution >= 4 is 17.0 Å². The Morgan fingerprint density at radius 3 is 2.58 bits per heavy atom. The molecule has 0 saturated heterocycles. The molecule has 7 nitrogen and oxygen atoms in total. The van der Waals surface area contributed by atoms with Crippen LogP contribution in [0.25, 0.3) is 11.0 Å². The van der Waals surface area contributed by atoms with E-state index in [9.17, 15) is 9.90 Å². The molecule has 2 unspecified atom stereocenters. The second-order valence-electron chi connectivity index (χ2n) is 6.08. The van der Waals surface area contributed by atoms with Gasteiger partial charge < -0.3 is 21.7 Å². The van der Waals surface area contributed by atoms with Gasteiger partial charge in [0, 0.05) is 18.7 Å². The standard InChI is InChI=1S/C17H24N4O3/c18-11(4-3-5-14(19)17(23)24)8-13(22)9-12-10-20-15-6-1-2-7-16(15)21-12/h1-2,6-7,10-11,13-14,22H,3-5,8-9,18-19H2,(H,23,24)/t11?,13?,14-/m0/s1. The lowest BCUT2D eigenvalue weighted by Crippen LogP contribution is -2.31. The normalized spacial score (nSPS) is 15.1. The second-order valence-corrected chi connectivity index (χ2v) is 6.08. The lowest BCUT2D eigenvalue weighted by Gasteiger charge is -2.16. The summed E-state index contributed by atoms with van der Waals surface area (Å²) >= 11 is 0. The molecule has 0 aliphatic carbocycles. The summed E-state index contributed by atoms with van der Waals surface area (Å²) in [5.74, 6) is -1.00. The molecule has 7 heteroatoms. The van der Waals surface area contributed by atoms with Gasteiger partial charge in [-0.3, -0.25) is 9.78 Å². The van der Waals surface area contributed by atoms with Crippen LogP contribution >= 0.6 is 0 Å². The zero-order valence-corrected chi connectivity index (χ0v) is 13.5. The first-order chi connectivity index (χ1) is 11.5. The number of para-hydroxylation sites is 2. The van der Waals surface area contributed by atoms with Gasteiger partial charge in [0.2, 0.25) is 0 Å². The van der Waals surface area contributed by atoms with Gasteiger partial charge in [0.15, 0.2) is 0 Å². The third-order valence-electron chi connectivity index (χ3n) is 3.93. The smallest absolute Gasteiger partial charge is 0.320 e. The van der Waals surface area contributed by atoms with Crippen LogP contribution in [-0.4, -0.2) is 44.3 Å². The molecule has 24 heavy (non-hydrogen) atoms. The van der Waals surface area contributed by atoms with Gasteiger partial charge in [0.05, 0.1) is 22.8 Å². The summed E-state index contributed by atoms with van der Waals surface area (Å²) in [6.07, 6.45) is 3.51. The number of nitrogens with two attached hydrogens (primary N) is 2. The molecule has 0 aliphatic rings. The molecule has 0 fully saturated rings. The maximum Gasteiger partial charge on any atom is 0.320 e. The average molecular weight is 332 g/mol. The van der Waals surface area contributed by atoms with Crippen LogP contribution in [0, 0.1) is 0 Å². The van der Waals surface area contributed by atoms with Crippen LogP contribution in [0.4, 0.5) is 0 Å². The number of hydrogen-bond donors (Lipinski definition) is 4. The summed E-state index contributed by atoms with van der Waals surface area (Å²) in [6, 6.07) is 6.52. The van der Waals surface area contributed by atoms with E-state index in [0.717, 1.165) is 16.7 Å². The van der Waals surface area contributed by atoms with Crippen molar-refractivity contribution in [2.45, 2.75) is 50.3 Å². The Labute approximate surface area is 140 Å². The molecule has 0 bridgehead atoms. The molecule has 0 radical (unpaired) electrons. The molecule has 1 aromatic carbocycles. The highest BCUT2D eigenvalue weighted by Gasteiger charge is 2.15. The lowest BCUT2D eigenvalue weighted by atomic mass is 10.00. The number of aromatic nitrogens is 2. The van der Waals surface area contributed by atoms with Crippen LogP contribution in [0.5, 0.6) is 0 Å². The summed E-state index contributed by atoms with van der Waals surface area (Å²) < 4.78 is 0. The highest BCUT2D eigenvalue weighted by molar-refractivity contribution is 5.73. The number of benzene rings is 1. The van der Waals surface area contributed by atoms with Gasteiger partial charge in [-0.05, 0) is 37.8 Å². The maximum absolute atomic E-state index is 10.6. The SMILES string of the molecule is NC(CCC[C@H](N)C(=O)O)CC(O)Cc1cnc2ccccc2n1. The molecular weight excluding hydrogens is 308 g/mol. The van der Waals surface area contributed by atoms with Gasteiger partial charge in [-0.2, -0.15) is 0 Å². The lowest BCUT2D eigenvalue weighted by molar-refractivity contribution is -0.138. The van der Waals surface area contributed by atoms with E-state index in [1.807, 2.05) is 24.3 Å². The maximum atomic E-state index is 10.6. The number of aliphatic carboxylic acids is 1.